The molecule has 1 atom stereocenters. The van der Waals surface area contributed by atoms with Gasteiger partial charge in [-0.1, -0.05) is 35.9 Å². The second kappa shape index (κ2) is 8.73. The topological polar surface area (TPSA) is 67.2 Å². The van der Waals surface area contributed by atoms with E-state index in [1.54, 1.807) is 18.3 Å². The molecule has 1 amide bonds. The molecule has 4 aromatic rings. The molecule has 7 heteroatoms. The Balaban J connectivity index is 1.80. The van der Waals surface area contributed by atoms with E-state index in [9.17, 15) is 4.79 Å². The summed E-state index contributed by atoms with van der Waals surface area (Å²) in [6, 6.07) is 16.4. The first-order valence-corrected chi connectivity index (χ1v) is 10.6. The molecule has 0 spiro atoms. The van der Waals surface area contributed by atoms with Crippen LogP contribution in [0.25, 0.3) is 0 Å². The number of amides is 1. The first-order valence-electron chi connectivity index (χ1n) is 9.41. The summed E-state index contributed by atoms with van der Waals surface area (Å²) >= 11 is 8.10. The van der Waals surface area contributed by atoms with Gasteiger partial charge in [0.1, 0.15) is 10.8 Å². The van der Waals surface area contributed by atoms with Crippen LogP contribution in [0.3, 0.4) is 0 Å². The Morgan fingerprint density at radius 2 is 1.90 bits per heavy atom. The molecule has 0 aliphatic rings. The van der Waals surface area contributed by atoms with E-state index in [4.69, 9.17) is 16.0 Å². The molecule has 5 nitrogen and oxygen atoms in total. The first kappa shape index (κ1) is 20.2. The highest BCUT2D eigenvalue weighted by molar-refractivity contribution is 7.16. The van der Waals surface area contributed by atoms with E-state index >= 15 is 0 Å². The second-order valence-electron chi connectivity index (χ2n) is 6.77. The summed E-state index contributed by atoms with van der Waals surface area (Å²) in [6.07, 6.45) is 3.22. The van der Waals surface area contributed by atoms with Gasteiger partial charge < -0.3 is 15.1 Å². The maximum atomic E-state index is 12.7. The highest BCUT2D eigenvalue weighted by Crippen LogP contribution is 2.42. The van der Waals surface area contributed by atoms with Crippen LogP contribution in [-0.2, 0) is 0 Å². The number of benzene rings is 1. The van der Waals surface area contributed by atoms with Crippen LogP contribution in [0.5, 0.6) is 0 Å². The Morgan fingerprint density at radius 1 is 1.10 bits per heavy atom. The van der Waals surface area contributed by atoms with Gasteiger partial charge in [0.25, 0.3) is 5.91 Å². The number of halogens is 1. The second-order valence-corrected chi connectivity index (χ2v) is 8.40. The largest absolute Gasteiger partial charge is 0.459 e. The van der Waals surface area contributed by atoms with Gasteiger partial charge in [0.2, 0.25) is 0 Å². The number of nitrogens with zero attached hydrogens (tertiary/aromatic N) is 1. The van der Waals surface area contributed by atoms with Crippen molar-refractivity contribution in [3.05, 3.63) is 99.4 Å². The van der Waals surface area contributed by atoms with Crippen LogP contribution in [0.1, 0.15) is 38.2 Å². The summed E-state index contributed by atoms with van der Waals surface area (Å²) < 4.78 is 5.25. The molecular formula is C23H20ClN3O2S. The van der Waals surface area contributed by atoms with Crippen molar-refractivity contribution in [1.29, 1.82) is 0 Å². The van der Waals surface area contributed by atoms with Crippen molar-refractivity contribution in [2.75, 3.05) is 10.6 Å². The molecule has 4 rings (SSSR count). The van der Waals surface area contributed by atoms with E-state index in [0.29, 0.717) is 10.8 Å². The van der Waals surface area contributed by atoms with Crippen molar-refractivity contribution in [1.82, 2.24) is 4.98 Å². The van der Waals surface area contributed by atoms with Crippen LogP contribution in [0.15, 0.2) is 71.5 Å². The third kappa shape index (κ3) is 4.10. The van der Waals surface area contributed by atoms with E-state index in [-0.39, 0.29) is 17.7 Å². The summed E-state index contributed by atoms with van der Waals surface area (Å²) in [4.78, 5) is 18.2. The van der Waals surface area contributed by atoms with Crippen molar-refractivity contribution < 1.29 is 9.21 Å². The maximum absolute atomic E-state index is 12.7. The fourth-order valence-electron chi connectivity index (χ4n) is 3.27. The third-order valence-corrected chi connectivity index (χ3v) is 6.35. The Labute approximate surface area is 183 Å². The molecule has 1 aromatic carbocycles. The lowest BCUT2D eigenvalue weighted by atomic mass is 9.96. The van der Waals surface area contributed by atoms with Crippen molar-refractivity contribution >= 4 is 39.7 Å². The quantitative estimate of drug-likeness (QED) is 0.363. The first-order chi connectivity index (χ1) is 14.5. The fourth-order valence-corrected chi connectivity index (χ4v) is 4.61. The Bertz CT molecular complexity index is 1160. The molecule has 3 heterocycles. The van der Waals surface area contributed by atoms with E-state index < -0.39 is 0 Å². The molecule has 1 unspecified atom stereocenters. The zero-order valence-corrected chi connectivity index (χ0v) is 18.1. The van der Waals surface area contributed by atoms with E-state index in [2.05, 4.69) is 15.6 Å². The van der Waals surface area contributed by atoms with E-state index in [1.807, 2.05) is 56.3 Å². The summed E-state index contributed by atoms with van der Waals surface area (Å²) in [7, 11) is 0. The van der Waals surface area contributed by atoms with E-state index in [0.717, 1.165) is 26.6 Å². The van der Waals surface area contributed by atoms with E-state index in [1.165, 1.54) is 17.6 Å². The van der Waals surface area contributed by atoms with Crippen LogP contribution in [0, 0.1) is 13.8 Å². The number of hydrogen-bond donors (Lipinski definition) is 2. The lowest BCUT2D eigenvalue weighted by Crippen LogP contribution is -2.18. The zero-order chi connectivity index (χ0) is 21.1. The molecule has 0 aliphatic heterocycles. The standard InChI is InChI=1S/C23H20ClN3O2S/c1-14-15(2)30-23(27-22(28)18-10-7-13-29-18)20(14)21(16-8-3-4-9-17(16)24)26-19-11-5-6-12-25-19/h3-13,21H,1-2H3,(H,25,26)(H,27,28). The SMILES string of the molecule is Cc1sc(NC(=O)c2ccco2)c(C(Nc2ccccn2)c2ccccc2Cl)c1C. The van der Waals surface area contributed by atoms with Gasteiger partial charge >= 0.3 is 0 Å². The summed E-state index contributed by atoms with van der Waals surface area (Å²) in [5, 5.41) is 7.89. The average molecular weight is 438 g/mol. The minimum Gasteiger partial charge on any atom is -0.459 e. The molecule has 2 N–H and O–H groups in total. The number of rotatable bonds is 6. The average Bonchev–Trinajstić information content (AvgIpc) is 3.37. The number of anilines is 2. The maximum Gasteiger partial charge on any atom is 0.291 e. The molecule has 0 saturated carbocycles. The Kier molecular flexibility index (Phi) is 5.88. The molecule has 152 valence electrons. The summed E-state index contributed by atoms with van der Waals surface area (Å²) in [5.74, 6) is 0.684. The number of aromatic nitrogens is 1. The molecule has 30 heavy (non-hydrogen) atoms. The third-order valence-electron chi connectivity index (χ3n) is 4.87. The van der Waals surface area contributed by atoms with Gasteiger partial charge in [-0.15, -0.1) is 11.3 Å². The highest BCUT2D eigenvalue weighted by Gasteiger charge is 2.26. The number of furan rings is 1. The number of hydrogen-bond acceptors (Lipinski definition) is 5. The van der Waals surface area contributed by atoms with Gasteiger partial charge in [0.15, 0.2) is 5.76 Å². The minimum absolute atomic E-state index is 0.261. The number of thiophene rings is 1. The smallest absolute Gasteiger partial charge is 0.291 e. The van der Waals surface area contributed by atoms with Gasteiger partial charge in [0.05, 0.1) is 12.3 Å². The van der Waals surface area contributed by atoms with Gasteiger partial charge in [0, 0.05) is 21.7 Å². The summed E-state index contributed by atoms with van der Waals surface area (Å²) in [5.41, 5.74) is 2.94. The monoisotopic (exact) mass is 437 g/mol. The number of carbonyl (C=O) groups excluding carboxylic acids is 1. The van der Waals surface area contributed by atoms with Crippen molar-refractivity contribution in [2.45, 2.75) is 19.9 Å². The van der Waals surface area contributed by atoms with Gasteiger partial charge in [-0.25, -0.2) is 4.98 Å². The number of aryl methyl sites for hydroxylation is 1. The molecule has 3 aromatic heterocycles. The summed E-state index contributed by atoms with van der Waals surface area (Å²) in [6.45, 7) is 4.09. The molecule has 0 saturated heterocycles. The Morgan fingerprint density at radius 3 is 2.60 bits per heavy atom. The van der Waals surface area contributed by atoms with Gasteiger partial charge in [-0.2, -0.15) is 0 Å². The molecule has 0 bridgehead atoms. The Hall–Kier alpha value is -3.09. The normalized spacial score (nSPS) is 11.8. The number of nitrogens with one attached hydrogen (secondary N) is 2. The van der Waals surface area contributed by atoms with Crippen LogP contribution < -0.4 is 10.6 Å². The number of pyridine rings is 1. The van der Waals surface area contributed by atoms with Gasteiger partial charge in [-0.05, 0) is 55.3 Å². The highest BCUT2D eigenvalue weighted by atomic mass is 35.5. The minimum atomic E-state index is -0.301. The number of carbonyl (C=O) groups is 1. The predicted molar refractivity (Wildman–Crippen MR) is 122 cm³/mol. The lowest BCUT2D eigenvalue weighted by Gasteiger charge is -2.23. The predicted octanol–water partition coefficient (Wildman–Crippen LogP) is 6.46. The van der Waals surface area contributed by atoms with Crippen LogP contribution in [0.4, 0.5) is 10.8 Å². The molecule has 0 aliphatic carbocycles. The lowest BCUT2D eigenvalue weighted by molar-refractivity contribution is 0.0997. The van der Waals surface area contributed by atoms with Crippen LogP contribution in [0.2, 0.25) is 5.02 Å². The van der Waals surface area contributed by atoms with Crippen molar-refractivity contribution in [2.24, 2.45) is 0 Å². The molecule has 0 radical (unpaired) electrons. The van der Waals surface area contributed by atoms with Crippen molar-refractivity contribution in [3.63, 3.8) is 0 Å². The fraction of sp³-hybridized carbons (Fsp3) is 0.130. The zero-order valence-electron chi connectivity index (χ0n) is 16.5. The van der Waals surface area contributed by atoms with Crippen molar-refractivity contribution in [3.8, 4) is 0 Å². The molecule has 0 fully saturated rings. The van der Waals surface area contributed by atoms with Crippen LogP contribution >= 0.6 is 22.9 Å². The van der Waals surface area contributed by atoms with Gasteiger partial charge in [-0.3, -0.25) is 4.79 Å². The van der Waals surface area contributed by atoms with Crippen LogP contribution in [-0.4, -0.2) is 10.9 Å². The molecular weight excluding hydrogens is 418 g/mol.